The highest BCUT2D eigenvalue weighted by Crippen LogP contribution is 2.35. The minimum Gasteiger partial charge on any atom is -0.497 e. The molecule has 0 saturated carbocycles. The van der Waals surface area contributed by atoms with Crippen LogP contribution < -0.4 is 9.47 Å². The van der Waals surface area contributed by atoms with Crippen LogP contribution in [-0.4, -0.2) is 19.3 Å². The van der Waals surface area contributed by atoms with Crippen molar-refractivity contribution in [1.29, 1.82) is 0 Å². The van der Waals surface area contributed by atoms with E-state index in [-0.39, 0.29) is 11.3 Å². The van der Waals surface area contributed by atoms with Gasteiger partial charge in [0.05, 0.1) is 19.8 Å². The normalized spacial score (nSPS) is 12.1. The number of halogens is 3. The van der Waals surface area contributed by atoms with E-state index >= 15 is 0 Å². The van der Waals surface area contributed by atoms with Crippen molar-refractivity contribution in [3.63, 3.8) is 0 Å². The lowest BCUT2D eigenvalue weighted by atomic mass is 9.99. The van der Waals surface area contributed by atoms with Crippen molar-refractivity contribution < 1.29 is 23.4 Å². The summed E-state index contributed by atoms with van der Waals surface area (Å²) >= 11 is 3.26. The van der Waals surface area contributed by atoms with E-state index in [9.17, 15) is 13.9 Å². The first-order chi connectivity index (χ1) is 9.97. The Morgan fingerprint density at radius 2 is 1.67 bits per heavy atom. The summed E-state index contributed by atoms with van der Waals surface area (Å²) in [4.78, 5) is 0. The van der Waals surface area contributed by atoms with Crippen molar-refractivity contribution >= 4 is 15.9 Å². The lowest BCUT2D eigenvalue weighted by molar-refractivity contribution is 0.203. The van der Waals surface area contributed by atoms with Crippen molar-refractivity contribution in [1.82, 2.24) is 0 Å². The van der Waals surface area contributed by atoms with Crippen molar-refractivity contribution in [3.8, 4) is 11.5 Å². The molecule has 2 aromatic rings. The molecule has 0 aromatic heterocycles. The van der Waals surface area contributed by atoms with Crippen LogP contribution in [0.4, 0.5) is 8.78 Å². The maximum Gasteiger partial charge on any atom is 0.135 e. The summed E-state index contributed by atoms with van der Waals surface area (Å²) in [7, 11) is 2.72. The number of aliphatic hydroxyl groups excluding tert-OH is 1. The Kier molecular flexibility index (Phi) is 4.80. The first-order valence-electron chi connectivity index (χ1n) is 6.02. The van der Waals surface area contributed by atoms with Crippen molar-refractivity contribution in [2.75, 3.05) is 14.2 Å². The topological polar surface area (TPSA) is 38.7 Å². The van der Waals surface area contributed by atoms with Gasteiger partial charge in [0.2, 0.25) is 0 Å². The number of hydrogen-bond donors (Lipinski definition) is 1. The quantitative estimate of drug-likeness (QED) is 0.902. The zero-order chi connectivity index (χ0) is 15.6. The highest BCUT2D eigenvalue weighted by molar-refractivity contribution is 9.10. The molecule has 0 amide bonds. The van der Waals surface area contributed by atoms with Gasteiger partial charge < -0.3 is 14.6 Å². The van der Waals surface area contributed by atoms with E-state index in [0.717, 1.165) is 16.6 Å². The fraction of sp³-hybridized carbons (Fsp3) is 0.200. The van der Waals surface area contributed by atoms with Crippen LogP contribution in [0.5, 0.6) is 11.5 Å². The first kappa shape index (κ1) is 15.7. The largest absolute Gasteiger partial charge is 0.497 e. The Balaban J connectivity index is 2.52. The number of aliphatic hydroxyl groups is 1. The van der Waals surface area contributed by atoms with Gasteiger partial charge in [0.15, 0.2) is 0 Å². The molecule has 0 aliphatic heterocycles. The molecular formula is C15H13BrF2O3. The third-order valence-corrected chi connectivity index (χ3v) is 3.55. The Hall–Kier alpha value is -1.66. The Morgan fingerprint density at radius 3 is 2.19 bits per heavy atom. The third kappa shape index (κ3) is 3.16. The number of methoxy groups -OCH3 is 2. The molecule has 0 saturated heterocycles. The fourth-order valence-electron chi connectivity index (χ4n) is 2.01. The van der Waals surface area contributed by atoms with Crippen LogP contribution in [0, 0.1) is 11.6 Å². The first-order valence-corrected chi connectivity index (χ1v) is 6.81. The summed E-state index contributed by atoms with van der Waals surface area (Å²) in [6, 6.07) is 6.84. The summed E-state index contributed by atoms with van der Waals surface area (Å²) in [6.07, 6.45) is -1.49. The summed E-state index contributed by atoms with van der Waals surface area (Å²) in [5, 5.41) is 10.3. The maximum absolute atomic E-state index is 14.0. The molecule has 112 valence electrons. The van der Waals surface area contributed by atoms with E-state index in [4.69, 9.17) is 9.47 Å². The van der Waals surface area contributed by atoms with Gasteiger partial charge in [-0.2, -0.15) is 0 Å². The van der Waals surface area contributed by atoms with Gasteiger partial charge in [-0.3, -0.25) is 0 Å². The summed E-state index contributed by atoms with van der Waals surface area (Å²) in [5.41, 5.74) is -0.180. The molecule has 1 atom stereocenters. The van der Waals surface area contributed by atoms with Gasteiger partial charge >= 0.3 is 0 Å². The van der Waals surface area contributed by atoms with Crippen LogP contribution in [0.15, 0.2) is 34.8 Å². The Bertz CT molecular complexity index is 638. The summed E-state index contributed by atoms with van der Waals surface area (Å²) in [6.45, 7) is 0. The van der Waals surface area contributed by atoms with E-state index in [1.165, 1.54) is 20.3 Å². The molecule has 2 rings (SSSR count). The highest BCUT2D eigenvalue weighted by atomic mass is 79.9. The molecular weight excluding hydrogens is 346 g/mol. The summed E-state index contributed by atoms with van der Waals surface area (Å²) < 4.78 is 38.7. The van der Waals surface area contributed by atoms with Gasteiger partial charge in [0.25, 0.3) is 0 Å². The molecule has 0 bridgehead atoms. The van der Waals surface area contributed by atoms with Crippen LogP contribution >= 0.6 is 15.9 Å². The summed E-state index contributed by atoms with van der Waals surface area (Å²) in [5.74, 6) is -1.40. The molecule has 0 radical (unpaired) electrons. The number of ether oxygens (including phenoxy) is 2. The van der Waals surface area contributed by atoms with E-state index in [1.807, 2.05) is 0 Å². The average molecular weight is 359 g/mol. The van der Waals surface area contributed by atoms with Crippen LogP contribution in [0.25, 0.3) is 0 Å². The lowest BCUT2D eigenvalue weighted by Crippen LogP contribution is -2.08. The second-order valence-corrected chi connectivity index (χ2v) is 5.21. The maximum atomic E-state index is 14.0. The molecule has 0 spiro atoms. The Labute approximate surface area is 129 Å². The van der Waals surface area contributed by atoms with Gasteiger partial charge in [-0.25, -0.2) is 8.78 Å². The van der Waals surface area contributed by atoms with Crippen molar-refractivity contribution in [2.24, 2.45) is 0 Å². The van der Waals surface area contributed by atoms with E-state index < -0.39 is 23.3 Å². The van der Waals surface area contributed by atoms with E-state index in [2.05, 4.69) is 15.9 Å². The predicted molar refractivity (Wildman–Crippen MR) is 77.7 cm³/mol. The van der Waals surface area contributed by atoms with Gasteiger partial charge in [0, 0.05) is 22.2 Å². The van der Waals surface area contributed by atoms with Crippen molar-refractivity contribution in [2.45, 2.75) is 6.10 Å². The molecule has 1 unspecified atom stereocenters. The second kappa shape index (κ2) is 6.41. The van der Waals surface area contributed by atoms with Crippen LogP contribution in [0.2, 0.25) is 0 Å². The van der Waals surface area contributed by atoms with Gasteiger partial charge in [-0.1, -0.05) is 22.0 Å². The molecule has 21 heavy (non-hydrogen) atoms. The predicted octanol–water partition coefficient (Wildman–Crippen LogP) is 3.83. The average Bonchev–Trinajstić information content (AvgIpc) is 2.45. The highest BCUT2D eigenvalue weighted by Gasteiger charge is 2.23. The number of hydrogen-bond acceptors (Lipinski definition) is 3. The van der Waals surface area contributed by atoms with Crippen LogP contribution in [0.3, 0.4) is 0 Å². The molecule has 6 heteroatoms. The van der Waals surface area contributed by atoms with E-state index in [0.29, 0.717) is 5.75 Å². The standard InChI is InChI=1S/C15H13BrF2O3/c1-20-9-6-11(17)14(12(18)7-9)15(19)10-4-3-8(16)5-13(10)21-2/h3-7,15,19H,1-2H3. The molecule has 1 N–H and O–H groups in total. The fourth-order valence-corrected chi connectivity index (χ4v) is 2.35. The minimum atomic E-state index is -1.49. The molecule has 0 heterocycles. The number of benzene rings is 2. The minimum absolute atomic E-state index is 0.0451. The zero-order valence-corrected chi connectivity index (χ0v) is 12.9. The van der Waals surface area contributed by atoms with Crippen molar-refractivity contribution in [3.05, 3.63) is 57.6 Å². The zero-order valence-electron chi connectivity index (χ0n) is 11.4. The second-order valence-electron chi connectivity index (χ2n) is 4.29. The van der Waals surface area contributed by atoms with Crippen LogP contribution in [-0.2, 0) is 0 Å². The lowest BCUT2D eigenvalue weighted by Gasteiger charge is -2.17. The molecule has 0 aliphatic rings. The van der Waals surface area contributed by atoms with Gasteiger partial charge in [0.1, 0.15) is 29.2 Å². The number of rotatable bonds is 4. The SMILES string of the molecule is COc1cc(F)c(C(O)c2ccc(Br)cc2OC)c(F)c1. The van der Waals surface area contributed by atoms with Gasteiger partial charge in [-0.15, -0.1) is 0 Å². The van der Waals surface area contributed by atoms with E-state index in [1.54, 1.807) is 12.1 Å². The smallest absolute Gasteiger partial charge is 0.135 e. The molecule has 0 aliphatic carbocycles. The van der Waals surface area contributed by atoms with Crippen LogP contribution in [0.1, 0.15) is 17.2 Å². The Morgan fingerprint density at radius 1 is 1.05 bits per heavy atom. The molecule has 0 fully saturated rings. The molecule has 3 nitrogen and oxygen atoms in total. The monoisotopic (exact) mass is 358 g/mol. The molecule has 2 aromatic carbocycles. The third-order valence-electron chi connectivity index (χ3n) is 3.05. The van der Waals surface area contributed by atoms with Gasteiger partial charge in [-0.05, 0) is 12.1 Å².